The van der Waals surface area contributed by atoms with E-state index in [1.165, 1.54) is 11.1 Å². The van der Waals surface area contributed by atoms with E-state index in [4.69, 9.17) is 9.73 Å². The Labute approximate surface area is 166 Å². The molecule has 5 nitrogen and oxygen atoms in total. The van der Waals surface area contributed by atoms with Crippen LogP contribution in [0.4, 0.5) is 11.4 Å². The molecule has 5 heteroatoms. The van der Waals surface area contributed by atoms with Crippen LogP contribution < -0.4 is 4.90 Å². The van der Waals surface area contributed by atoms with Crippen molar-refractivity contribution < 1.29 is 9.53 Å². The Morgan fingerprint density at radius 2 is 1.75 bits per heavy atom. The monoisotopic (exact) mass is 377 g/mol. The molecule has 0 bridgehead atoms. The summed E-state index contributed by atoms with van der Waals surface area (Å²) in [6.07, 6.45) is 0.334. The topological polar surface area (TPSA) is 45.1 Å². The second-order valence-corrected chi connectivity index (χ2v) is 7.91. The maximum atomic E-state index is 13.3. The van der Waals surface area contributed by atoms with Crippen molar-refractivity contribution in [2.75, 3.05) is 24.7 Å². The van der Waals surface area contributed by atoms with Gasteiger partial charge in [-0.25, -0.2) is 4.99 Å². The van der Waals surface area contributed by atoms with Gasteiger partial charge in [-0.15, -0.1) is 0 Å². The number of rotatable bonds is 3. The number of aryl methyl sites for hydroxylation is 2. The molecule has 1 fully saturated rings. The first kappa shape index (κ1) is 18.8. The average molecular weight is 377 g/mol. The van der Waals surface area contributed by atoms with Gasteiger partial charge in [0.1, 0.15) is 5.71 Å². The van der Waals surface area contributed by atoms with Crippen LogP contribution in [-0.2, 0) is 9.53 Å². The number of fused-ring (bicyclic) bond motifs is 1. The summed E-state index contributed by atoms with van der Waals surface area (Å²) in [5.74, 6) is -0.0359. The lowest BCUT2D eigenvalue weighted by atomic mass is 10.1. The summed E-state index contributed by atoms with van der Waals surface area (Å²) in [7, 11) is 0. The van der Waals surface area contributed by atoms with E-state index >= 15 is 0 Å². The number of carbonyl (C=O) groups is 1. The van der Waals surface area contributed by atoms with Gasteiger partial charge in [-0.3, -0.25) is 14.6 Å². The van der Waals surface area contributed by atoms with Gasteiger partial charge in [0.15, 0.2) is 0 Å². The van der Waals surface area contributed by atoms with Gasteiger partial charge in [0.2, 0.25) is 0 Å². The van der Waals surface area contributed by atoms with Gasteiger partial charge in [0.05, 0.1) is 30.3 Å². The molecule has 0 saturated carbocycles. The lowest BCUT2D eigenvalue weighted by Gasteiger charge is -2.37. The second kappa shape index (κ2) is 7.49. The third kappa shape index (κ3) is 3.60. The number of amides is 1. The third-order valence-corrected chi connectivity index (χ3v) is 5.47. The molecule has 0 aliphatic carbocycles. The lowest BCUT2D eigenvalue weighted by molar-refractivity contribution is -0.113. The van der Waals surface area contributed by atoms with Crippen molar-refractivity contribution in [1.82, 2.24) is 4.90 Å². The van der Waals surface area contributed by atoms with Crippen LogP contribution in [0.1, 0.15) is 30.5 Å². The Balaban J connectivity index is 1.66. The van der Waals surface area contributed by atoms with Crippen molar-refractivity contribution in [3.63, 3.8) is 0 Å². The third-order valence-electron chi connectivity index (χ3n) is 5.47. The first-order valence-electron chi connectivity index (χ1n) is 9.87. The van der Waals surface area contributed by atoms with Crippen LogP contribution in [-0.4, -0.2) is 48.5 Å². The Bertz CT molecular complexity index is 927. The van der Waals surface area contributed by atoms with Crippen molar-refractivity contribution >= 4 is 23.0 Å². The largest absolute Gasteiger partial charge is 0.373 e. The average Bonchev–Trinajstić information content (AvgIpc) is 2.90. The van der Waals surface area contributed by atoms with E-state index in [0.29, 0.717) is 12.4 Å². The molecule has 0 unspecified atom stereocenters. The predicted molar refractivity (Wildman–Crippen MR) is 112 cm³/mol. The fourth-order valence-corrected chi connectivity index (χ4v) is 4.03. The normalized spacial score (nSPS) is 24.1. The molecule has 0 N–H and O–H groups in total. The van der Waals surface area contributed by atoms with Crippen molar-refractivity contribution in [2.24, 2.45) is 4.99 Å². The molecular weight excluding hydrogens is 350 g/mol. The highest BCUT2D eigenvalue weighted by Gasteiger charge is 2.35. The van der Waals surface area contributed by atoms with E-state index in [2.05, 4.69) is 32.6 Å². The lowest BCUT2D eigenvalue weighted by Crippen LogP contribution is -2.50. The van der Waals surface area contributed by atoms with Crippen LogP contribution in [0, 0.1) is 13.8 Å². The highest BCUT2D eigenvalue weighted by molar-refractivity contribution is 6.54. The highest BCUT2D eigenvalue weighted by Crippen LogP contribution is 2.31. The summed E-state index contributed by atoms with van der Waals surface area (Å²) in [5, 5.41) is 0. The van der Waals surface area contributed by atoms with Gasteiger partial charge < -0.3 is 4.74 Å². The van der Waals surface area contributed by atoms with E-state index in [0.717, 1.165) is 30.0 Å². The van der Waals surface area contributed by atoms with E-state index in [1.54, 1.807) is 0 Å². The van der Waals surface area contributed by atoms with Gasteiger partial charge in [-0.2, -0.15) is 0 Å². The fraction of sp³-hybridized carbons (Fsp3) is 0.391. The minimum absolute atomic E-state index is 0.0359. The van der Waals surface area contributed by atoms with E-state index in [-0.39, 0.29) is 18.1 Å². The maximum Gasteiger partial charge on any atom is 0.278 e. The summed E-state index contributed by atoms with van der Waals surface area (Å²) in [4.78, 5) is 22.2. The summed E-state index contributed by atoms with van der Waals surface area (Å²) in [5.41, 5.74) is 5.57. The molecular formula is C23H27N3O2. The molecule has 2 atom stereocenters. The van der Waals surface area contributed by atoms with Crippen LogP contribution in [0.15, 0.2) is 47.5 Å². The zero-order valence-electron chi connectivity index (χ0n) is 17.0. The first-order valence-corrected chi connectivity index (χ1v) is 9.87. The highest BCUT2D eigenvalue weighted by atomic mass is 16.5. The molecule has 1 saturated heterocycles. The molecule has 4 rings (SSSR count). The minimum atomic E-state index is -0.0359. The van der Waals surface area contributed by atoms with Crippen LogP contribution in [0.2, 0.25) is 0 Å². The number of para-hydroxylation sites is 1. The van der Waals surface area contributed by atoms with Crippen LogP contribution in [0.25, 0.3) is 0 Å². The molecule has 28 heavy (non-hydrogen) atoms. The SMILES string of the molecule is Cc1ccc(N=C2C(=O)N(CN3C[C@@H](C)O[C@H](C)C3)c3ccccc32)cc1C. The van der Waals surface area contributed by atoms with E-state index in [1.807, 2.05) is 47.4 Å². The molecule has 0 radical (unpaired) electrons. The van der Waals surface area contributed by atoms with Gasteiger partial charge in [0.25, 0.3) is 5.91 Å². The Kier molecular flexibility index (Phi) is 5.04. The van der Waals surface area contributed by atoms with Crippen LogP contribution in [0.3, 0.4) is 0 Å². The molecule has 1 amide bonds. The Morgan fingerprint density at radius 1 is 1.04 bits per heavy atom. The zero-order chi connectivity index (χ0) is 19.8. The predicted octanol–water partition coefficient (Wildman–Crippen LogP) is 3.84. The standard InChI is InChI=1S/C23H27N3O2/c1-15-9-10-19(11-16(15)2)24-22-20-7-5-6-8-21(20)26(23(22)27)14-25-12-17(3)28-18(4)13-25/h5-11,17-18H,12-14H2,1-4H3/t17-,18-/m1/s1. The van der Waals surface area contributed by atoms with Crippen molar-refractivity contribution in [3.8, 4) is 0 Å². The number of aliphatic imine (C=N–C) groups is 1. The number of ether oxygens (including phenoxy) is 1. The Hall–Kier alpha value is -2.50. The number of nitrogens with zero attached hydrogens (tertiary/aromatic N) is 3. The van der Waals surface area contributed by atoms with Crippen molar-refractivity contribution in [1.29, 1.82) is 0 Å². The summed E-state index contributed by atoms with van der Waals surface area (Å²) in [6.45, 7) is 10.5. The van der Waals surface area contributed by atoms with Crippen molar-refractivity contribution in [3.05, 3.63) is 59.2 Å². The number of carbonyl (C=O) groups excluding carboxylic acids is 1. The summed E-state index contributed by atoms with van der Waals surface area (Å²) >= 11 is 0. The maximum absolute atomic E-state index is 13.3. The molecule has 0 spiro atoms. The number of anilines is 1. The van der Waals surface area contributed by atoms with E-state index < -0.39 is 0 Å². The molecule has 2 heterocycles. The quantitative estimate of drug-likeness (QED) is 0.816. The molecule has 2 aromatic carbocycles. The second-order valence-electron chi connectivity index (χ2n) is 7.91. The van der Waals surface area contributed by atoms with Gasteiger partial charge >= 0.3 is 0 Å². The van der Waals surface area contributed by atoms with Gasteiger partial charge in [-0.05, 0) is 57.0 Å². The van der Waals surface area contributed by atoms with Gasteiger partial charge in [0, 0.05) is 18.7 Å². The zero-order valence-corrected chi connectivity index (χ0v) is 17.0. The number of hydrogen-bond acceptors (Lipinski definition) is 4. The molecule has 2 aliphatic heterocycles. The molecule has 0 aromatic heterocycles. The number of benzene rings is 2. The fourth-order valence-electron chi connectivity index (χ4n) is 4.03. The Morgan fingerprint density at radius 3 is 2.46 bits per heavy atom. The van der Waals surface area contributed by atoms with Gasteiger partial charge in [-0.1, -0.05) is 24.3 Å². The molecule has 2 aliphatic rings. The van der Waals surface area contributed by atoms with Crippen LogP contribution >= 0.6 is 0 Å². The molecule has 146 valence electrons. The number of hydrogen-bond donors (Lipinski definition) is 0. The van der Waals surface area contributed by atoms with Crippen molar-refractivity contribution in [2.45, 2.75) is 39.9 Å². The first-order chi connectivity index (χ1) is 13.4. The smallest absolute Gasteiger partial charge is 0.278 e. The summed E-state index contributed by atoms with van der Waals surface area (Å²) < 4.78 is 5.83. The molecule has 2 aromatic rings. The summed E-state index contributed by atoms with van der Waals surface area (Å²) in [6, 6.07) is 14.0. The number of morpholine rings is 1. The van der Waals surface area contributed by atoms with E-state index in [9.17, 15) is 4.79 Å². The minimum Gasteiger partial charge on any atom is -0.373 e. The van der Waals surface area contributed by atoms with Crippen LogP contribution in [0.5, 0.6) is 0 Å².